The number of anilines is 2. The van der Waals surface area contributed by atoms with E-state index in [0.29, 0.717) is 12.2 Å². The van der Waals surface area contributed by atoms with Crippen LogP contribution in [0.5, 0.6) is 0 Å². The normalized spacial score (nSPS) is 10.1. The van der Waals surface area contributed by atoms with Gasteiger partial charge in [-0.05, 0) is 29.8 Å². The van der Waals surface area contributed by atoms with E-state index in [1.54, 1.807) is 12.4 Å². The second-order valence-electron chi connectivity index (χ2n) is 4.27. The second-order valence-corrected chi connectivity index (χ2v) is 4.27. The minimum Gasteiger partial charge on any atom is -0.399 e. The molecule has 0 bridgehead atoms. The lowest BCUT2D eigenvalue weighted by molar-refractivity contribution is -0.116. The zero-order valence-electron chi connectivity index (χ0n) is 10.5. The maximum atomic E-state index is 11.2. The molecule has 4 N–H and O–H groups in total. The quantitative estimate of drug-likeness (QED) is 0.786. The van der Waals surface area contributed by atoms with Gasteiger partial charge in [-0.25, -0.2) is 0 Å². The molecular formula is C14H16N4O. The van der Waals surface area contributed by atoms with Crippen molar-refractivity contribution in [3.8, 4) is 0 Å². The van der Waals surface area contributed by atoms with Gasteiger partial charge < -0.3 is 16.4 Å². The van der Waals surface area contributed by atoms with Gasteiger partial charge in [0.25, 0.3) is 0 Å². The molecule has 1 heterocycles. The lowest BCUT2D eigenvalue weighted by Crippen LogP contribution is -2.33. The summed E-state index contributed by atoms with van der Waals surface area (Å²) < 4.78 is 0. The van der Waals surface area contributed by atoms with Crippen molar-refractivity contribution >= 4 is 17.3 Å². The highest BCUT2D eigenvalue weighted by atomic mass is 16.1. The van der Waals surface area contributed by atoms with E-state index in [2.05, 4.69) is 4.98 Å². The summed E-state index contributed by atoms with van der Waals surface area (Å²) in [6, 6.07) is 11.2. The summed E-state index contributed by atoms with van der Waals surface area (Å²) >= 11 is 0. The number of aromatic nitrogens is 1. The third kappa shape index (κ3) is 3.70. The molecule has 0 aliphatic carbocycles. The standard InChI is InChI=1S/C14H16N4O/c15-12-3-1-11(2-4-12)9-18(10-14(16)19)13-5-7-17-8-6-13/h1-8H,9-10,15H2,(H2,16,19). The lowest BCUT2D eigenvalue weighted by atomic mass is 10.2. The Morgan fingerprint density at radius 1 is 1.11 bits per heavy atom. The Kier molecular flexibility index (Phi) is 3.97. The average Bonchev–Trinajstić information content (AvgIpc) is 2.41. The number of hydrogen-bond donors (Lipinski definition) is 2. The summed E-state index contributed by atoms with van der Waals surface area (Å²) in [4.78, 5) is 17.0. The largest absolute Gasteiger partial charge is 0.399 e. The highest BCUT2D eigenvalue weighted by Gasteiger charge is 2.10. The Morgan fingerprint density at radius 3 is 2.32 bits per heavy atom. The molecule has 1 aromatic heterocycles. The third-order valence-electron chi connectivity index (χ3n) is 2.73. The van der Waals surface area contributed by atoms with Gasteiger partial charge in [0, 0.05) is 30.3 Å². The van der Waals surface area contributed by atoms with Gasteiger partial charge in [0.1, 0.15) is 0 Å². The number of amides is 1. The van der Waals surface area contributed by atoms with E-state index in [0.717, 1.165) is 11.3 Å². The summed E-state index contributed by atoms with van der Waals surface area (Å²) in [5.74, 6) is -0.368. The van der Waals surface area contributed by atoms with Crippen molar-refractivity contribution in [3.05, 3.63) is 54.4 Å². The summed E-state index contributed by atoms with van der Waals surface area (Å²) in [7, 11) is 0. The average molecular weight is 256 g/mol. The van der Waals surface area contributed by atoms with Crippen molar-refractivity contribution in [1.82, 2.24) is 4.98 Å². The SMILES string of the molecule is NC(=O)CN(Cc1ccc(N)cc1)c1ccncc1. The Labute approximate surface area is 111 Å². The summed E-state index contributed by atoms with van der Waals surface area (Å²) in [6.45, 7) is 0.752. The van der Waals surface area contributed by atoms with Crippen LogP contribution in [-0.2, 0) is 11.3 Å². The molecule has 0 fully saturated rings. The number of benzene rings is 1. The van der Waals surface area contributed by atoms with Crippen molar-refractivity contribution in [1.29, 1.82) is 0 Å². The Balaban J connectivity index is 2.19. The van der Waals surface area contributed by atoms with Crippen LogP contribution in [0.25, 0.3) is 0 Å². The van der Waals surface area contributed by atoms with Gasteiger partial charge in [-0.2, -0.15) is 0 Å². The smallest absolute Gasteiger partial charge is 0.236 e. The molecule has 0 saturated heterocycles. The van der Waals surface area contributed by atoms with E-state index in [1.165, 1.54) is 0 Å². The van der Waals surface area contributed by atoms with E-state index < -0.39 is 0 Å². The van der Waals surface area contributed by atoms with Crippen LogP contribution in [0, 0.1) is 0 Å². The van der Waals surface area contributed by atoms with Crippen LogP contribution in [0.1, 0.15) is 5.56 Å². The first-order valence-electron chi connectivity index (χ1n) is 5.93. The summed E-state index contributed by atoms with van der Waals surface area (Å²) in [5, 5.41) is 0. The van der Waals surface area contributed by atoms with E-state index in [-0.39, 0.29) is 12.5 Å². The van der Waals surface area contributed by atoms with Crippen LogP contribution in [-0.4, -0.2) is 17.4 Å². The summed E-state index contributed by atoms with van der Waals surface area (Å²) in [6.07, 6.45) is 3.37. The molecule has 19 heavy (non-hydrogen) atoms. The van der Waals surface area contributed by atoms with E-state index in [1.807, 2.05) is 41.3 Å². The highest BCUT2D eigenvalue weighted by molar-refractivity contribution is 5.79. The Hall–Kier alpha value is -2.56. The van der Waals surface area contributed by atoms with Gasteiger partial charge in [0.05, 0.1) is 6.54 Å². The Morgan fingerprint density at radius 2 is 1.74 bits per heavy atom. The molecular weight excluding hydrogens is 240 g/mol. The molecule has 0 aliphatic rings. The molecule has 2 rings (SSSR count). The summed E-state index contributed by atoms with van der Waals surface area (Å²) in [5.41, 5.74) is 13.6. The minimum absolute atomic E-state index is 0.161. The molecule has 2 aromatic rings. The number of hydrogen-bond acceptors (Lipinski definition) is 4. The van der Waals surface area contributed by atoms with Gasteiger partial charge in [-0.1, -0.05) is 12.1 Å². The molecule has 1 aromatic carbocycles. The van der Waals surface area contributed by atoms with Crippen molar-refractivity contribution in [2.24, 2.45) is 5.73 Å². The molecule has 0 spiro atoms. The predicted octanol–water partition coefficient (Wildman–Crippen LogP) is 1.16. The molecule has 5 nitrogen and oxygen atoms in total. The van der Waals surface area contributed by atoms with Gasteiger partial charge >= 0.3 is 0 Å². The van der Waals surface area contributed by atoms with Crippen molar-refractivity contribution in [2.45, 2.75) is 6.54 Å². The van der Waals surface area contributed by atoms with Crippen LogP contribution in [0.2, 0.25) is 0 Å². The van der Waals surface area contributed by atoms with Crippen molar-refractivity contribution in [2.75, 3.05) is 17.2 Å². The molecule has 0 atom stereocenters. The number of nitrogen functional groups attached to an aromatic ring is 1. The number of rotatable bonds is 5. The molecule has 0 saturated carbocycles. The van der Waals surface area contributed by atoms with Crippen LogP contribution in [0.3, 0.4) is 0 Å². The highest BCUT2D eigenvalue weighted by Crippen LogP contribution is 2.16. The number of nitrogens with zero attached hydrogens (tertiary/aromatic N) is 2. The predicted molar refractivity (Wildman–Crippen MR) is 75.3 cm³/mol. The number of pyridine rings is 1. The molecule has 5 heteroatoms. The van der Waals surface area contributed by atoms with Crippen LogP contribution < -0.4 is 16.4 Å². The van der Waals surface area contributed by atoms with Gasteiger partial charge in [-0.3, -0.25) is 9.78 Å². The number of carbonyl (C=O) groups excluding carboxylic acids is 1. The van der Waals surface area contributed by atoms with Gasteiger partial charge in [0.2, 0.25) is 5.91 Å². The van der Waals surface area contributed by atoms with Gasteiger partial charge in [0.15, 0.2) is 0 Å². The van der Waals surface area contributed by atoms with Crippen molar-refractivity contribution < 1.29 is 4.79 Å². The third-order valence-corrected chi connectivity index (χ3v) is 2.73. The lowest BCUT2D eigenvalue weighted by Gasteiger charge is -2.23. The topological polar surface area (TPSA) is 85.2 Å². The van der Waals surface area contributed by atoms with Crippen LogP contribution in [0.15, 0.2) is 48.8 Å². The van der Waals surface area contributed by atoms with E-state index in [4.69, 9.17) is 11.5 Å². The monoisotopic (exact) mass is 256 g/mol. The maximum Gasteiger partial charge on any atom is 0.236 e. The van der Waals surface area contributed by atoms with Gasteiger partial charge in [-0.15, -0.1) is 0 Å². The zero-order chi connectivity index (χ0) is 13.7. The second kappa shape index (κ2) is 5.86. The fourth-order valence-electron chi connectivity index (χ4n) is 1.82. The van der Waals surface area contributed by atoms with Crippen molar-refractivity contribution in [3.63, 3.8) is 0 Å². The number of carbonyl (C=O) groups is 1. The molecule has 1 amide bonds. The first kappa shape index (κ1) is 12.9. The molecule has 0 radical (unpaired) electrons. The van der Waals surface area contributed by atoms with Crippen LogP contribution >= 0.6 is 0 Å². The fourth-order valence-corrected chi connectivity index (χ4v) is 1.82. The molecule has 98 valence electrons. The van der Waals surface area contributed by atoms with E-state index in [9.17, 15) is 4.79 Å². The maximum absolute atomic E-state index is 11.2. The van der Waals surface area contributed by atoms with E-state index >= 15 is 0 Å². The first-order valence-corrected chi connectivity index (χ1v) is 5.93. The zero-order valence-corrected chi connectivity index (χ0v) is 10.5. The minimum atomic E-state index is -0.368. The Bertz CT molecular complexity index is 539. The fraction of sp³-hybridized carbons (Fsp3) is 0.143. The van der Waals surface area contributed by atoms with Crippen LogP contribution in [0.4, 0.5) is 11.4 Å². The first-order chi connectivity index (χ1) is 9.15. The number of nitrogens with two attached hydrogens (primary N) is 2. The number of primary amides is 1. The molecule has 0 unspecified atom stereocenters. The molecule has 0 aliphatic heterocycles.